The summed E-state index contributed by atoms with van der Waals surface area (Å²) < 4.78 is 5.51. The minimum absolute atomic E-state index is 0.208. The van der Waals surface area contributed by atoms with Gasteiger partial charge in [-0.05, 0) is 82.3 Å². The Morgan fingerprint density at radius 1 is 1.33 bits per heavy atom. The molecule has 1 unspecified atom stereocenters. The highest BCUT2D eigenvalue weighted by Gasteiger charge is 2.55. The molecule has 8 heteroatoms. The van der Waals surface area contributed by atoms with E-state index in [1.165, 1.54) is 31.0 Å². The van der Waals surface area contributed by atoms with Crippen LogP contribution >= 0.6 is 11.8 Å². The van der Waals surface area contributed by atoms with Gasteiger partial charge in [0.1, 0.15) is 23.1 Å². The summed E-state index contributed by atoms with van der Waals surface area (Å²) in [5.74, 6) is 2.35. The fourth-order valence-electron chi connectivity index (χ4n) is 6.04. The Kier molecular flexibility index (Phi) is 5.60. The number of aromatic nitrogens is 2. The molecule has 30 heavy (non-hydrogen) atoms. The number of carbonyl (C=O) groups excluding carboxylic acids is 1. The minimum Gasteiger partial charge on any atom is -0.444 e. The zero-order valence-electron chi connectivity index (χ0n) is 18.2. The molecule has 1 heterocycles. The molecule has 1 aromatic heterocycles. The quantitative estimate of drug-likeness (QED) is 0.534. The fraction of sp³-hybridized carbons (Fsp3) is 0.727. The van der Waals surface area contributed by atoms with Crippen molar-refractivity contribution in [2.45, 2.75) is 69.7 Å². The summed E-state index contributed by atoms with van der Waals surface area (Å²) in [6.07, 6.45) is 9.01. The number of nitrogens with zero attached hydrogens (tertiary/aromatic N) is 3. The number of rotatable bonds is 5. The molecule has 0 aliphatic heterocycles. The van der Waals surface area contributed by atoms with Crippen LogP contribution in [0.15, 0.2) is 11.4 Å². The van der Waals surface area contributed by atoms with Crippen molar-refractivity contribution in [2.75, 3.05) is 18.1 Å². The topological polar surface area (TPSA) is 99.9 Å². The molecule has 4 bridgehead atoms. The zero-order valence-corrected chi connectivity index (χ0v) is 19.0. The standard InChI is InChI=1S/C22H31N5O2S/c1-21(2,3)29-20(28)26-17-14-5-13-6-15(17)9-22(7-13,8-14)12-25-18-16(10-23)11-24-19(27-18)30-4/h11,13-15,17H,5-9,12H2,1-4H3,(H,26,28)(H,24,25,27)/t13?,14-,15+,17-,22-. The number of anilines is 1. The van der Waals surface area contributed by atoms with Crippen molar-refractivity contribution < 1.29 is 9.53 Å². The largest absolute Gasteiger partial charge is 0.444 e. The molecule has 1 aromatic rings. The maximum Gasteiger partial charge on any atom is 0.407 e. The second kappa shape index (κ2) is 7.92. The number of ether oxygens (including phenoxy) is 1. The first kappa shape index (κ1) is 21.2. The van der Waals surface area contributed by atoms with Gasteiger partial charge in [0.25, 0.3) is 0 Å². The number of hydrogen-bond donors (Lipinski definition) is 2. The molecule has 5 atom stereocenters. The van der Waals surface area contributed by atoms with Crippen LogP contribution in [0.1, 0.15) is 58.4 Å². The van der Waals surface area contributed by atoms with Crippen LogP contribution in [0.5, 0.6) is 0 Å². The number of carbonyl (C=O) groups is 1. The number of alkyl carbamates (subject to hydrolysis) is 1. The second-order valence-corrected chi connectivity index (χ2v) is 11.0. The van der Waals surface area contributed by atoms with E-state index < -0.39 is 5.60 Å². The molecule has 4 aliphatic carbocycles. The average Bonchev–Trinajstić information content (AvgIpc) is 2.67. The van der Waals surface area contributed by atoms with E-state index in [-0.39, 0.29) is 17.6 Å². The predicted molar refractivity (Wildman–Crippen MR) is 116 cm³/mol. The molecule has 4 fully saturated rings. The monoisotopic (exact) mass is 429 g/mol. The second-order valence-electron chi connectivity index (χ2n) is 10.2. The third kappa shape index (κ3) is 4.36. The number of nitrogens with one attached hydrogen (secondary N) is 2. The van der Waals surface area contributed by atoms with Gasteiger partial charge in [0.2, 0.25) is 0 Å². The van der Waals surface area contributed by atoms with Gasteiger partial charge in [-0.25, -0.2) is 14.8 Å². The van der Waals surface area contributed by atoms with E-state index in [1.807, 2.05) is 27.0 Å². The van der Waals surface area contributed by atoms with E-state index in [0.717, 1.165) is 25.3 Å². The van der Waals surface area contributed by atoms with Crippen LogP contribution in [-0.4, -0.2) is 40.5 Å². The lowest BCUT2D eigenvalue weighted by Gasteiger charge is -2.60. The first-order valence-electron chi connectivity index (χ1n) is 10.7. The Morgan fingerprint density at radius 3 is 2.63 bits per heavy atom. The van der Waals surface area contributed by atoms with E-state index >= 15 is 0 Å². The first-order chi connectivity index (χ1) is 14.2. The molecule has 0 radical (unpaired) electrons. The molecular formula is C22H31N5O2S. The summed E-state index contributed by atoms with van der Waals surface area (Å²) >= 11 is 1.47. The molecule has 0 saturated heterocycles. The summed E-state index contributed by atoms with van der Waals surface area (Å²) in [5.41, 5.74) is 0.217. The summed E-state index contributed by atoms with van der Waals surface area (Å²) in [4.78, 5) is 21.1. The van der Waals surface area contributed by atoms with Crippen LogP contribution in [0.3, 0.4) is 0 Å². The van der Waals surface area contributed by atoms with Gasteiger partial charge in [-0.1, -0.05) is 11.8 Å². The SMILES string of the molecule is CSc1ncc(C#N)c(NC[C@]23CC4C[C@H](C2)[C@@H](NC(=O)OC(C)(C)C)[C@@H](C4)C3)n1. The van der Waals surface area contributed by atoms with E-state index in [2.05, 4.69) is 26.7 Å². The maximum absolute atomic E-state index is 12.4. The summed E-state index contributed by atoms with van der Waals surface area (Å²) in [6, 6.07) is 2.40. The lowest BCUT2D eigenvalue weighted by molar-refractivity contribution is -0.0703. The number of nitriles is 1. The average molecular weight is 430 g/mol. The molecule has 0 spiro atoms. The molecule has 7 nitrogen and oxygen atoms in total. The maximum atomic E-state index is 12.4. The molecule has 4 saturated carbocycles. The van der Waals surface area contributed by atoms with Crippen molar-refractivity contribution in [1.29, 1.82) is 5.26 Å². The van der Waals surface area contributed by atoms with Crippen molar-refractivity contribution >= 4 is 23.7 Å². The van der Waals surface area contributed by atoms with Crippen molar-refractivity contribution in [1.82, 2.24) is 15.3 Å². The van der Waals surface area contributed by atoms with Crippen LogP contribution in [0.4, 0.5) is 10.6 Å². The molecular weight excluding hydrogens is 398 g/mol. The Balaban J connectivity index is 1.44. The van der Waals surface area contributed by atoms with Crippen molar-refractivity contribution in [3.05, 3.63) is 11.8 Å². The van der Waals surface area contributed by atoms with Gasteiger partial charge in [0.05, 0.1) is 6.20 Å². The molecule has 4 aliphatic rings. The van der Waals surface area contributed by atoms with Crippen molar-refractivity contribution in [2.24, 2.45) is 23.2 Å². The summed E-state index contributed by atoms with van der Waals surface area (Å²) in [7, 11) is 0. The van der Waals surface area contributed by atoms with Gasteiger partial charge < -0.3 is 15.4 Å². The van der Waals surface area contributed by atoms with Crippen molar-refractivity contribution in [3.63, 3.8) is 0 Å². The Bertz CT molecular complexity index is 846. The van der Waals surface area contributed by atoms with Gasteiger partial charge >= 0.3 is 6.09 Å². The predicted octanol–water partition coefficient (Wildman–Crippen LogP) is 4.20. The number of thioether (sulfide) groups is 1. The van der Waals surface area contributed by atoms with Gasteiger partial charge in [-0.15, -0.1) is 0 Å². The van der Waals surface area contributed by atoms with Gasteiger partial charge in [0.15, 0.2) is 5.16 Å². The molecule has 5 rings (SSSR count). The summed E-state index contributed by atoms with van der Waals surface area (Å²) in [5, 5.41) is 16.8. The van der Waals surface area contributed by atoms with Gasteiger partial charge in [-0.2, -0.15) is 5.26 Å². The molecule has 1 amide bonds. The van der Waals surface area contributed by atoms with Gasteiger partial charge in [0, 0.05) is 12.6 Å². The molecule has 0 aromatic carbocycles. The van der Waals surface area contributed by atoms with Crippen LogP contribution in [0.2, 0.25) is 0 Å². The third-order valence-electron chi connectivity index (χ3n) is 6.78. The zero-order chi connectivity index (χ0) is 21.5. The Hall–Kier alpha value is -2.01. The van der Waals surface area contributed by atoms with Crippen LogP contribution in [0, 0.1) is 34.5 Å². The lowest BCUT2D eigenvalue weighted by atomic mass is 9.48. The molecule has 162 valence electrons. The smallest absolute Gasteiger partial charge is 0.407 e. The normalized spacial score (nSPS) is 31.8. The van der Waals surface area contributed by atoms with Crippen LogP contribution in [-0.2, 0) is 4.74 Å². The summed E-state index contributed by atoms with van der Waals surface area (Å²) in [6.45, 7) is 6.51. The van der Waals surface area contributed by atoms with Crippen molar-refractivity contribution in [3.8, 4) is 6.07 Å². The van der Waals surface area contributed by atoms with Gasteiger partial charge in [-0.3, -0.25) is 0 Å². The van der Waals surface area contributed by atoms with Crippen LogP contribution < -0.4 is 10.6 Å². The highest BCUT2D eigenvalue weighted by molar-refractivity contribution is 7.98. The highest BCUT2D eigenvalue weighted by Crippen LogP contribution is 2.60. The number of hydrogen-bond acceptors (Lipinski definition) is 7. The van der Waals surface area contributed by atoms with E-state index in [0.29, 0.717) is 28.4 Å². The van der Waals surface area contributed by atoms with E-state index in [4.69, 9.17) is 4.74 Å². The van der Waals surface area contributed by atoms with Crippen LogP contribution in [0.25, 0.3) is 0 Å². The Morgan fingerprint density at radius 2 is 2.03 bits per heavy atom. The fourth-order valence-corrected chi connectivity index (χ4v) is 6.38. The minimum atomic E-state index is -0.479. The Labute approximate surface area is 182 Å². The lowest BCUT2D eigenvalue weighted by Crippen LogP contribution is -2.60. The van der Waals surface area contributed by atoms with E-state index in [9.17, 15) is 10.1 Å². The van der Waals surface area contributed by atoms with E-state index in [1.54, 1.807) is 6.20 Å². The third-order valence-corrected chi connectivity index (χ3v) is 7.35. The highest BCUT2D eigenvalue weighted by atomic mass is 32.2. The molecule has 2 N–H and O–H groups in total. The first-order valence-corrected chi connectivity index (χ1v) is 12.0. The number of amides is 1.